The van der Waals surface area contributed by atoms with E-state index < -0.39 is 0 Å². The van der Waals surface area contributed by atoms with Gasteiger partial charge in [0.2, 0.25) is 0 Å². The van der Waals surface area contributed by atoms with Crippen LogP contribution in [0.25, 0.3) is 10.9 Å². The molecule has 2 heterocycles. The lowest BCUT2D eigenvalue weighted by molar-refractivity contribution is 0.374. The minimum Gasteiger partial charge on any atom is -0.310 e. The third-order valence-corrected chi connectivity index (χ3v) is 5.42. The quantitative estimate of drug-likeness (QED) is 0.885. The summed E-state index contributed by atoms with van der Waals surface area (Å²) < 4.78 is 0. The maximum Gasteiger partial charge on any atom is 0.0702 e. The highest BCUT2D eigenvalue weighted by molar-refractivity contribution is 7.99. The van der Waals surface area contributed by atoms with Crippen LogP contribution in [-0.2, 0) is 0 Å². The van der Waals surface area contributed by atoms with E-state index in [4.69, 9.17) is 0 Å². The number of benzene rings is 1. The molecule has 1 N–H and O–H groups in total. The van der Waals surface area contributed by atoms with Gasteiger partial charge in [0.05, 0.1) is 5.52 Å². The summed E-state index contributed by atoms with van der Waals surface area (Å²) in [7, 11) is 0. The van der Waals surface area contributed by atoms with Crippen LogP contribution >= 0.6 is 11.8 Å². The van der Waals surface area contributed by atoms with Gasteiger partial charge in [-0.3, -0.25) is 4.98 Å². The molecule has 0 spiro atoms. The fourth-order valence-corrected chi connectivity index (χ4v) is 4.38. The van der Waals surface area contributed by atoms with Gasteiger partial charge in [-0.05, 0) is 60.9 Å². The highest BCUT2D eigenvalue weighted by atomic mass is 32.2. The lowest BCUT2D eigenvalue weighted by atomic mass is 9.91. The van der Waals surface area contributed by atoms with Crippen LogP contribution < -0.4 is 5.32 Å². The summed E-state index contributed by atoms with van der Waals surface area (Å²) in [5.41, 5.74) is 2.43. The molecule has 1 aliphatic rings. The first-order chi connectivity index (χ1) is 10.4. The summed E-state index contributed by atoms with van der Waals surface area (Å²) in [6, 6.07) is 11.1. The smallest absolute Gasteiger partial charge is 0.0702 e. The molecule has 1 saturated heterocycles. The summed E-state index contributed by atoms with van der Waals surface area (Å²) >= 11 is 2.10. The number of nitrogens with one attached hydrogen (secondary N) is 1. The van der Waals surface area contributed by atoms with Crippen molar-refractivity contribution in [2.75, 3.05) is 18.1 Å². The molecule has 0 bridgehead atoms. The van der Waals surface area contributed by atoms with Crippen LogP contribution in [0, 0.1) is 5.92 Å². The molecule has 0 radical (unpaired) electrons. The molecule has 2 nitrogen and oxygen atoms in total. The van der Waals surface area contributed by atoms with Gasteiger partial charge in [0.1, 0.15) is 0 Å². The normalized spacial score (nSPS) is 18.0. The van der Waals surface area contributed by atoms with E-state index in [1.807, 2.05) is 0 Å². The van der Waals surface area contributed by atoms with Crippen molar-refractivity contribution < 1.29 is 0 Å². The molecule has 3 heteroatoms. The number of pyridine rings is 1. The lowest BCUT2D eigenvalue weighted by Crippen LogP contribution is -2.25. The fraction of sp³-hybridized carbons (Fsp3) is 0.500. The minimum absolute atomic E-state index is 0.445. The van der Waals surface area contributed by atoms with Crippen molar-refractivity contribution in [3.63, 3.8) is 0 Å². The summed E-state index contributed by atoms with van der Waals surface area (Å²) in [5, 5.41) is 4.91. The Hall–Kier alpha value is -1.06. The zero-order valence-corrected chi connectivity index (χ0v) is 13.5. The highest BCUT2D eigenvalue weighted by Gasteiger charge is 2.20. The Morgan fingerprint density at radius 1 is 1.29 bits per heavy atom. The van der Waals surface area contributed by atoms with E-state index >= 15 is 0 Å². The number of hydrogen-bond donors (Lipinski definition) is 1. The van der Waals surface area contributed by atoms with Crippen LogP contribution in [0.2, 0.25) is 0 Å². The minimum atomic E-state index is 0.445. The van der Waals surface area contributed by atoms with E-state index in [1.165, 1.54) is 41.7 Å². The van der Waals surface area contributed by atoms with E-state index in [0.29, 0.717) is 6.04 Å². The van der Waals surface area contributed by atoms with Crippen LogP contribution in [0.3, 0.4) is 0 Å². The number of hydrogen-bond acceptors (Lipinski definition) is 3. The van der Waals surface area contributed by atoms with Crippen molar-refractivity contribution in [1.82, 2.24) is 10.3 Å². The van der Waals surface area contributed by atoms with E-state index in [9.17, 15) is 0 Å². The Morgan fingerprint density at radius 2 is 2.10 bits per heavy atom. The molecule has 3 rings (SSSR count). The van der Waals surface area contributed by atoms with Crippen molar-refractivity contribution >= 4 is 22.7 Å². The zero-order valence-electron chi connectivity index (χ0n) is 12.7. The highest BCUT2D eigenvalue weighted by Crippen LogP contribution is 2.31. The second kappa shape index (κ2) is 7.28. The summed E-state index contributed by atoms with van der Waals surface area (Å²) in [5.74, 6) is 3.53. The standard InChI is InChI=1S/C18H24N2S/c1-2-19-18(11-14-7-9-21-10-8-14)16-12-15-5-3-4-6-17(15)20-13-16/h3-6,12-14,18-19H,2,7-11H2,1H3. The number of thioether (sulfide) groups is 1. The molecule has 1 aromatic heterocycles. The predicted molar refractivity (Wildman–Crippen MR) is 92.8 cm³/mol. The summed E-state index contributed by atoms with van der Waals surface area (Å²) in [6.45, 7) is 3.21. The fourth-order valence-electron chi connectivity index (χ4n) is 3.18. The lowest BCUT2D eigenvalue weighted by Gasteiger charge is -2.27. The number of nitrogens with zero attached hydrogens (tertiary/aromatic N) is 1. The van der Waals surface area contributed by atoms with Gasteiger partial charge >= 0.3 is 0 Å². The second-order valence-electron chi connectivity index (χ2n) is 5.86. The van der Waals surface area contributed by atoms with Gasteiger partial charge in [-0.15, -0.1) is 0 Å². The third-order valence-electron chi connectivity index (χ3n) is 4.37. The van der Waals surface area contributed by atoms with Crippen LogP contribution in [0.4, 0.5) is 0 Å². The Bertz CT molecular complexity index is 578. The number of aromatic nitrogens is 1. The number of fused-ring (bicyclic) bond motifs is 1. The van der Waals surface area contributed by atoms with Crippen LogP contribution in [0.15, 0.2) is 36.5 Å². The third kappa shape index (κ3) is 3.78. The number of para-hydroxylation sites is 1. The maximum atomic E-state index is 4.63. The monoisotopic (exact) mass is 300 g/mol. The van der Waals surface area contributed by atoms with E-state index in [0.717, 1.165) is 18.0 Å². The van der Waals surface area contributed by atoms with Crippen LogP contribution in [0.5, 0.6) is 0 Å². The van der Waals surface area contributed by atoms with Gasteiger partial charge in [-0.25, -0.2) is 0 Å². The van der Waals surface area contributed by atoms with Crippen molar-refractivity contribution in [3.8, 4) is 0 Å². The molecule has 1 aromatic carbocycles. The Morgan fingerprint density at radius 3 is 2.90 bits per heavy atom. The molecule has 0 aliphatic carbocycles. The van der Waals surface area contributed by atoms with E-state index in [2.05, 4.69) is 65.5 Å². The number of rotatable bonds is 5. The van der Waals surface area contributed by atoms with Gasteiger partial charge in [-0.2, -0.15) is 11.8 Å². The van der Waals surface area contributed by atoms with Crippen molar-refractivity contribution in [3.05, 3.63) is 42.1 Å². The first-order valence-corrected chi connectivity index (χ1v) is 9.18. The molecule has 0 amide bonds. The summed E-state index contributed by atoms with van der Waals surface area (Å²) in [6.07, 6.45) is 6.04. The average Bonchev–Trinajstić information content (AvgIpc) is 2.55. The van der Waals surface area contributed by atoms with Gasteiger partial charge < -0.3 is 5.32 Å². The van der Waals surface area contributed by atoms with Crippen molar-refractivity contribution in [2.45, 2.75) is 32.2 Å². The molecule has 1 fully saturated rings. The molecular weight excluding hydrogens is 276 g/mol. The van der Waals surface area contributed by atoms with Crippen molar-refractivity contribution in [1.29, 1.82) is 0 Å². The topological polar surface area (TPSA) is 24.9 Å². The second-order valence-corrected chi connectivity index (χ2v) is 7.09. The van der Waals surface area contributed by atoms with Gasteiger partial charge in [-0.1, -0.05) is 25.1 Å². The molecule has 21 heavy (non-hydrogen) atoms. The molecular formula is C18H24N2S. The first-order valence-electron chi connectivity index (χ1n) is 8.02. The molecule has 2 aromatic rings. The summed E-state index contributed by atoms with van der Waals surface area (Å²) in [4.78, 5) is 4.63. The molecule has 1 aliphatic heterocycles. The molecule has 1 unspecified atom stereocenters. The average molecular weight is 300 g/mol. The Balaban J connectivity index is 1.80. The Labute approximate surface area is 131 Å². The van der Waals surface area contributed by atoms with Gasteiger partial charge in [0.15, 0.2) is 0 Å². The molecule has 0 saturated carbocycles. The first kappa shape index (κ1) is 14.9. The van der Waals surface area contributed by atoms with Crippen LogP contribution in [0.1, 0.15) is 37.8 Å². The SMILES string of the molecule is CCNC(CC1CCSCC1)c1cnc2ccccc2c1. The molecule has 1 atom stereocenters. The van der Waals surface area contributed by atoms with Crippen molar-refractivity contribution in [2.24, 2.45) is 5.92 Å². The Kier molecular flexibility index (Phi) is 5.15. The van der Waals surface area contributed by atoms with E-state index in [1.54, 1.807) is 0 Å². The van der Waals surface area contributed by atoms with Crippen LogP contribution in [-0.4, -0.2) is 23.0 Å². The predicted octanol–water partition coefficient (Wildman–Crippen LogP) is 4.42. The zero-order chi connectivity index (χ0) is 14.5. The van der Waals surface area contributed by atoms with E-state index in [-0.39, 0.29) is 0 Å². The van der Waals surface area contributed by atoms with Gasteiger partial charge in [0.25, 0.3) is 0 Å². The van der Waals surface area contributed by atoms with Gasteiger partial charge in [0, 0.05) is 17.6 Å². The molecule has 112 valence electrons. The largest absolute Gasteiger partial charge is 0.310 e. The maximum absolute atomic E-state index is 4.63.